The molecule has 1 aromatic rings. The van der Waals surface area contributed by atoms with Crippen molar-refractivity contribution in [1.29, 1.82) is 0 Å². The van der Waals surface area contributed by atoms with Crippen molar-refractivity contribution in [2.45, 2.75) is 50.2 Å². The smallest absolute Gasteiger partial charge is 0.225 e. The second-order valence-electron chi connectivity index (χ2n) is 6.32. The Morgan fingerprint density at radius 2 is 1.87 bits per heavy atom. The summed E-state index contributed by atoms with van der Waals surface area (Å²) < 4.78 is 5.61. The molecule has 0 spiro atoms. The van der Waals surface area contributed by atoms with Crippen LogP contribution >= 0.6 is 24.0 Å². The summed E-state index contributed by atoms with van der Waals surface area (Å²) in [7, 11) is 1.93. The molecule has 1 amide bonds. The molecule has 2 unspecified atom stereocenters. The van der Waals surface area contributed by atoms with Crippen molar-refractivity contribution in [3.8, 4) is 5.75 Å². The monoisotopic (exact) mass is 358 g/mol. The largest absolute Gasteiger partial charge is 0.493 e. The highest BCUT2D eigenvalue weighted by Crippen LogP contribution is 2.29. The number of halogens is 2. The van der Waals surface area contributed by atoms with Crippen molar-refractivity contribution in [1.82, 2.24) is 10.2 Å². The lowest BCUT2D eigenvalue weighted by Crippen LogP contribution is -2.48. The first-order chi connectivity index (χ1) is 10.6. The van der Waals surface area contributed by atoms with E-state index >= 15 is 0 Å². The number of fused-ring (bicyclic) bond motifs is 2. The van der Waals surface area contributed by atoms with E-state index in [1.165, 1.54) is 12.8 Å². The summed E-state index contributed by atoms with van der Waals surface area (Å²) in [6, 6.07) is 8.79. The van der Waals surface area contributed by atoms with Gasteiger partial charge in [-0.15, -0.1) is 12.4 Å². The van der Waals surface area contributed by atoms with Gasteiger partial charge < -0.3 is 15.0 Å². The Labute approximate surface area is 148 Å². The molecule has 1 N–H and O–H groups in total. The summed E-state index contributed by atoms with van der Waals surface area (Å²) in [5, 5.41) is 4.29. The predicted octanol–water partition coefficient (Wildman–Crippen LogP) is 3.27. The van der Waals surface area contributed by atoms with Gasteiger partial charge in [-0.2, -0.15) is 0 Å². The van der Waals surface area contributed by atoms with Crippen LogP contribution in [0, 0.1) is 0 Å². The average Bonchev–Trinajstić information content (AvgIpc) is 2.86. The molecule has 2 fully saturated rings. The van der Waals surface area contributed by atoms with Crippen LogP contribution in [0.2, 0.25) is 5.02 Å². The van der Waals surface area contributed by atoms with Gasteiger partial charge in [0.05, 0.1) is 13.0 Å². The summed E-state index contributed by atoms with van der Waals surface area (Å²) in [6.45, 7) is 0.405. The van der Waals surface area contributed by atoms with Crippen molar-refractivity contribution in [2.24, 2.45) is 0 Å². The first-order valence-corrected chi connectivity index (χ1v) is 8.39. The van der Waals surface area contributed by atoms with E-state index in [1.54, 1.807) is 12.1 Å². The molecule has 1 aromatic carbocycles. The van der Waals surface area contributed by atoms with Gasteiger partial charge in [-0.1, -0.05) is 11.6 Å². The third-order valence-corrected chi connectivity index (χ3v) is 5.04. The van der Waals surface area contributed by atoms with Crippen molar-refractivity contribution >= 4 is 29.9 Å². The Morgan fingerprint density at radius 3 is 2.48 bits per heavy atom. The van der Waals surface area contributed by atoms with Crippen LogP contribution in [-0.4, -0.2) is 42.6 Å². The Kier molecular flexibility index (Phi) is 6.57. The predicted molar refractivity (Wildman–Crippen MR) is 94.5 cm³/mol. The van der Waals surface area contributed by atoms with Crippen LogP contribution < -0.4 is 10.1 Å². The van der Waals surface area contributed by atoms with Crippen LogP contribution in [0.3, 0.4) is 0 Å². The molecular formula is C17H24Cl2N2O2. The number of ether oxygens (including phenoxy) is 1. The van der Waals surface area contributed by atoms with E-state index in [4.69, 9.17) is 16.3 Å². The highest BCUT2D eigenvalue weighted by molar-refractivity contribution is 6.30. The number of hydrogen-bond acceptors (Lipinski definition) is 3. The van der Waals surface area contributed by atoms with Crippen LogP contribution in [0.15, 0.2) is 24.3 Å². The van der Waals surface area contributed by atoms with Gasteiger partial charge in [-0.3, -0.25) is 4.79 Å². The highest BCUT2D eigenvalue weighted by atomic mass is 35.5. The van der Waals surface area contributed by atoms with E-state index in [-0.39, 0.29) is 18.3 Å². The SMILES string of the molecule is CN(C(=O)CCOc1ccc(Cl)cc1)C1CC2CCC(C1)N2.Cl. The zero-order chi connectivity index (χ0) is 15.5. The van der Waals surface area contributed by atoms with E-state index in [2.05, 4.69) is 5.32 Å². The maximum atomic E-state index is 12.3. The quantitative estimate of drug-likeness (QED) is 0.877. The molecule has 2 atom stereocenters. The van der Waals surface area contributed by atoms with E-state index in [0.717, 1.165) is 18.6 Å². The van der Waals surface area contributed by atoms with Crippen molar-refractivity contribution in [3.05, 3.63) is 29.3 Å². The number of amides is 1. The van der Waals surface area contributed by atoms with E-state index in [9.17, 15) is 4.79 Å². The zero-order valence-electron chi connectivity index (χ0n) is 13.3. The lowest BCUT2D eigenvalue weighted by Gasteiger charge is -2.35. The first-order valence-electron chi connectivity index (χ1n) is 8.02. The lowest BCUT2D eigenvalue weighted by atomic mass is 9.98. The maximum absolute atomic E-state index is 12.3. The fraction of sp³-hybridized carbons (Fsp3) is 0.588. The summed E-state index contributed by atoms with van der Waals surface area (Å²) in [5.74, 6) is 0.917. The molecule has 4 nitrogen and oxygen atoms in total. The molecule has 0 aliphatic carbocycles. The fourth-order valence-corrected chi connectivity index (χ4v) is 3.64. The summed E-state index contributed by atoms with van der Waals surface area (Å²) >= 11 is 5.83. The molecular weight excluding hydrogens is 335 g/mol. The molecule has 3 rings (SSSR count). The number of carbonyl (C=O) groups is 1. The molecule has 2 saturated heterocycles. The number of rotatable bonds is 5. The molecule has 2 bridgehead atoms. The number of benzene rings is 1. The van der Waals surface area contributed by atoms with Crippen LogP contribution in [0.1, 0.15) is 32.1 Å². The molecule has 0 radical (unpaired) electrons. The van der Waals surface area contributed by atoms with Gasteiger partial charge in [0.2, 0.25) is 5.91 Å². The number of nitrogens with zero attached hydrogens (tertiary/aromatic N) is 1. The van der Waals surface area contributed by atoms with Gasteiger partial charge >= 0.3 is 0 Å². The van der Waals surface area contributed by atoms with Crippen LogP contribution in [-0.2, 0) is 4.79 Å². The third kappa shape index (κ3) is 4.75. The number of nitrogens with one attached hydrogen (secondary N) is 1. The average molecular weight is 359 g/mol. The van der Waals surface area contributed by atoms with Gasteiger partial charge in [0, 0.05) is 30.2 Å². The normalized spacial score (nSPS) is 25.6. The summed E-state index contributed by atoms with van der Waals surface area (Å²) in [6.07, 6.45) is 5.08. The molecule has 2 aliphatic rings. The Morgan fingerprint density at radius 1 is 1.26 bits per heavy atom. The Bertz CT molecular complexity index is 512. The standard InChI is InChI=1S/C17H23ClN2O2.ClH/c1-20(15-10-13-4-5-14(11-15)19-13)17(21)8-9-22-16-6-2-12(18)3-7-16;/h2-3,6-7,13-15,19H,4-5,8-11H2,1H3;1H. The van der Waals surface area contributed by atoms with E-state index < -0.39 is 0 Å². The van der Waals surface area contributed by atoms with Gasteiger partial charge in [-0.25, -0.2) is 0 Å². The van der Waals surface area contributed by atoms with Crippen molar-refractivity contribution in [2.75, 3.05) is 13.7 Å². The second kappa shape index (κ2) is 8.22. The van der Waals surface area contributed by atoms with Gasteiger partial charge in [0.15, 0.2) is 0 Å². The van der Waals surface area contributed by atoms with Crippen LogP contribution in [0.5, 0.6) is 5.75 Å². The topological polar surface area (TPSA) is 41.6 Å². The van der Waals surface area contributed by atoms with Gasteiger partial charge in [0.25, 0.3) is 0 Å². The number of hydrogen-bond donors (Lipinski definition) is 1. The van der Waals surface area contributed by atoms with Crippen molar-refractivity contribution in [3.63, 3.8) is 0 Å². The van der Waals surface area contributed by atoms with Crippen LogP contribution in [0.4, 0.5) is 0 Å². The van der Waals surface area contributed by atoms with Gasteiger partial charge in [-0.05, 0) is 49.9 Å². The summed E-state index contributed by atoms with van der Waals surface area (Å²) in [5.41, 5.74) is 0. The zero-order valence-corrected chi connectivity index (χ0v) is 14.9. The van der Waals surface area contributed by atoms with E-state index in [0.29, 0.717) is 36.2 Å². The summed E-state index contributed by atoms with van der Waals surface area (Å²) in [4.78, 5) is 14.3. The number of carbonyl (C=O) groups excluding carboxylic acids is 1. The number of piperidine rings is 1. The molecule has 23 heavy (non-hydrogen) atoms. The molecule has 0 aromatic heterocycles. The second-order valence-corrected chi connectivity index (χ2v) is 6.76. The van der Waals surface area contributed by atoms with Crippen LogP contribution in [0.25, 0.3) is 0 Å². The maximum Gasteiger partial charge on any atom is 0.225 e. The lowest BCUT2D eigenvalue weighted by molar-refractivity contribution is -0.133. The third-order valence-electron chi connectivity index (χ3n) is 4.79. The first kappa shape index (κ1) is 18.4. The molecule has 2 heterocycles. The minimum Gasteiger partial charge on any atom is -0.493 e. The minimum absolute atomic E-state index is 0. The molecule has 0 saturated carbocycles. The van der Waals surface area contributed by atoms with Crippen molar-refractivity contribution < 1.29 is 9.53 Å². The van der Waals surface area contributed by atoms with E-state index in [1.807, 2.05) is 24.1 Å². The minimum atomic E-state index is 0. The highest BCUT2D eigenvalue weighted by Gasteiger charge is 2.36. The molecule has 6 heteroatoms. The Balaban J connectivity index is 0.00000192. The molecule has 2 aliphatic heterocycles. The molecule has 128 valence electrons. The van der Waals surface area contributed by atoms with Gasteiger partial charge in [0.1, 0.15) is 5.75 Å². The Hall–Kier alpha value is -0.970. The fourth-order valence-electron chi connectivity index (χ4n) is 3.51.